The Hall–Kier alpha value is -0.570. The van der Waals surface area contributed by atoms with E-state index < -0.39 is 11.5 Å². The molecule has 108 valence electrons. The topological polar surface area (TPSA) is 49.3 Å². The van der Waals surface area contributed by atoms with Crippen LogP contribution in [0.15, 0.2) is 0 Å². The number of hydrogen-bond donors (Lipinski definition) is 2. The minimum atomic E-state index is -0.749. The number of rotatable bonds is 12. The predicted octanol–water partition coefficient (Wildman–Crippen LogP) is 3.97. The molecule has 1 unspecified atom stereocenters. The first kappa shape index (κ1) is 17.4. The summed E-state index contributed by atoms with van der Waals surface area (Å²) < 4.78 is 0. The molecule has 0 fully saturated rings. The molecule has 0 heterocycles. The van der Waals surface area contributed by atoms with Crippen molar-refractivity contribution in [1.82, 2.24) is 5.32 Å². The number of unbranched alkanes of at least 4 members (excludes halogenated alkanes) is 7. The van der Waals surface area contributed by atoms with Gasteiger partial charge in [-0.2, -0.15) is 0 Å². The van der Waals surface area contributed by atoms with E-state index >= 15 is 0 Å². The minimum absolute atomic E-state index is 0.624. The van der Waals surface area contributed by atoms with Crippen LogP contribution < -0.4 is 5.32 Å². The second kappa shape index (κ2) is 10.4. The first-order valence-corrected chi connectivity index (χ1v) is 7.55. The van der Waals surface area contributed by atoms with Crippen LogP contribution in [0.5, 0.6) is 0 Å². The van der Waals surface area contributed by atoms with Gasteiger partial charge in [-0.3, -0.25) is 4.79 Å². The lowest BCUT2D eigenvalue weighted by Crippen LogP contribution is -2.49. The van der Waals surface area contributed by atoms with Gasteiger partial charge in [-0.1, -0.05) is 58.8 Å². The lowest BCUT2D eigenvalue weighted by molar-refractivity contribution is -0.144. The van der Waals surface area contributed by atoms with E-state index in [2.05, 4.69) is 12.2 Å². The maximum Gasteiger partial charge on any atom is 0.323 e. The quantitative estimate of drug-likeness (QED) is 0.520. The SMILES string of the molecule is CCCCCCCCCCNC(C)(CC)C(=O)O. The maximum absolute atomic E-state index is 11.1. The predicted molar refractivity (Wildman–Crippen MR) is 76.9 cm³/mol. The summed E-state index contributed by atoms with van der Waals surface area (Å²) in [5.41, 5.74) is -0.749. The van der Waals surface area contributed by atoms with Gasteiger partial charge < -0.3 is 10.4 Å². The largest absolute Gasteiger partial charge is 0.480 e. The Balaban J connectivity index is 3.42. The van der Waals surface area contributed by atoms with Crippen LogP contribution >= 0.6 is 0 Å². The highest BCUT2D eigenvalue weighted by Crippen LogP contribution is 2.11. The lowest BCUT2D eigenvalue weighted by Gasteiger charge is -2.24. The second-order valence-corrected chi connectivity index (χ2v) is 5.39. The Morgan fingerprint density at radius 2 is 1.50 bits per heavy atom. The van der Waals surface area contributed by atoms with E-state index in [0.717, 1.165) is 13.0 Å². The van der Waals surface area contributed by atoms with Gasteiger partial charge in [0, 0.05) is 0 Å². The highest BCUT2D eigenvalue weighted by atomic mass is 16.4. The Labute approximate surface area is 112 Å². The molecule has 0 bridgehead atoms. The van der Waals surface area contributed by atoms with Crippen LogP contribution in [0.3, 0.4) is 0 Å². The van der Waals surface area contributed by atoms with Gasteiger partial charge in [-0.15, -0.1) is 0 Å². The normalized spacial score (nSPS) is 14.4. The maximum atomic E-state index is 11.1. The van der Waals surface area contributed by atoms with Crippen molar-refractivity contribution in [2.45, 2.75) is 84.1 Å². The van der Waals surface area contributed by atoms with E-state index in [9.17, 15) is 4.79 Å². The Bertz CT molecular complexity index is 219. The molecule has 2 N–H and O–H groups in total. The third-order valence-corrected chi connectivity index (χ3v) is 3.72. The third-order valence-electron chi connectivity index (χ3n) is 3.72. The molecule has 3 heteroatoms. The van der Waals surface area contributed by atoms with Crippen LogP contribution in [0.1, 0.15) is 78.6 Å². The number of aliphatic carboxylic acids is 1. The van der Waals surface area contributed by atoms with Gasteiger partial charge in [0.15, 0.2) is 0 Å². The Kier molecular flexibility index (Phi) is 10.0. The highest BCUT2D eigenvalue weighted by molar-refractivity contribution is 5.78. The average molecular weight is 257 g/mol. The molecule has 0 amide bonds. The number of carboxylic acids is 1. The van der Waals surface area contributed by atoms with E-state index in [1.807, 2.05) is 6.92 Å². The summed E-state index contributed by atoms with van der Waals surface area (Å²) in [6, 6.07) is 0. The summed E-state index contributed by atoms with van der Waals surface area (Å²) in [6.07, 6.45) is 10.9. The van der Waals surface area contributed by atoms with Gasteiger partial charge in [-0.25, -0.2) is 0 Å². The monoisotopic (exact) mass is 257 g/mol. The van der Waals surface area contributed by atoms with Crippen LogP contribution in [0.2, 0.25) is 0 Å². The summed E-state index contributed by atoms with van der Waals surface area (Å²) in [6.45, 7) is 6.72. The van der Waals surface area contributed by atoms with Crippen molar-refractivity contribution in [3.05, 3.63) is 0 Å². The molecule has 1 atom stereocenters. The first-order valence-electron chi connectivity index (χ1n) is 7.55. The molecule has 0 aliphatic rings. The van der Waals surface area contributed by atoms with Crippen molar-refractivity contribution in [2.75, 3.05) is 6.54 Å². The van der Waals surface area contributed by atoms with E-state index in [1.54, 1.807) is 6.92 Å². The molecular weight excluding hydrogens is 226 g/mol. The van der Waals surface area contributed by atoms with Gasteiger partial charge in [0.05, 0.1) is 0 Å². The summed E-state index contributed by atoms with van der Waals surface area (Å²) in [4.78, 5) is 11.1. The van der Waals surface area contributed by atoms with Crippen molar-refractivity contribution < 1.29 is 9.90 Å². The molecule has 0 aromatic heterocycles. The average Bonchev–Trinajstić information content (AvgIpc) is 2.36. The summed E-state index contributed by atoms with van der Waals surface area (Å²) >= 11 is 0. The zero-order valence-corrected chi connectivity index (χ0v) is 12.4. The summed E-state index contributed by atoms with van der Waals surface area (Å²) in [7, 11) is 0. The number of carbonyl (C=O) groups is 1. The second-order valence-electron chi connectivity index (χ2n) is 5.39. The van der Waals surface area contributed by atoms with E-state index in [0.29, 0.717) is 6.42 Å². The minimum Gasteiger partial charge on any atom is -0.480 e. The fourth-order valence-corrected chi connectivity index (χ4v) is 1.97. The standard InChI is InChI=1S/C15H31NO2/c1-4-6-7-8-9-10-11-12-13-16-15(3,5-2)14(17)18/h16H,4-13H2,1-3H3,(H,17,18). The molecule has 0 aliphatic carbocycles. The summed E-state index contributed by atoms with van der Waals surface area (Å²) in [5.74, 6) is -0.746. The molecule has 0 aromatic rings. The molecule has 0 rings (SSSR count). The molecule has 0 spiro atoms. The van der Waals surface area contributed by atoms with Crippen LogP contribution in [0.25, 0.3) is 0 Å². The van der Waals surface area contributed by atoms with Gasteiger partial charge in [-0.05, 0) is 26.3 Å². The molecule has 3 nitrogen and oxygen atoms in total. The van der Waals surface area contributed by atoms with Crippen LogP contribution in [0.4, 0.5) is 0 Å². The fraction of sp³-hybridized carbons (Fsp3) is 0.933. The molecule has 18 heavy (non-hydrogen) atoms. The van der Waals surface area contributed by atoms with Crippen molar-refractivity contribution in [2.24, 2.45) is 0 Å². The van der Waals surface area contributed by atoms with Crippen LogP contribution in [0, 0.1) is 0 Å². The third kappa shape index (κ3) is 7.70. The molecular formula is C15H31NO2. The smallest absolute Gasteiger partial charge is 0.323 e. The number of hydrogen-bond acceptors (Lipinski definition) is 2. The van der Waals surface area contributed by atoms with E-state index in [1.165, 1.54) is 44.9 Å². The number of nitrogens with one attached hydrogen (secondary N) is 1. The van der Waals surface area contributed by atoms with E-state index in [-0.39, 0.29) is 0 Å². The highest BCUT2D eigenvalue weighted by Gasteiger charge is 2.29. The number of carboxylic acid groups (broad SMARTS) is 1. The summed E-state index contributed by atoms with van der Waals surface area (Å²) in [5, 5.41) is 12.3. The Morgan fingerprint density at radius 3 is 1.94 bits per heavy atom. The van der Waals surface area contributed by atoms with Crippen LogP contribution in [-0.4, -0.2) is 23.2 Å². The van der Waals surface area contributed by atoms with Gasteiger partial charge in [0.1, 0.15) is 5.54 Å². The zero-order valence-electron chi connectivity index (χ0n) is 12.4. The van der Waals surface area contributed by atoms with Crippen molar-refractivity contribution >= 4 is 5.97 Å². The van der Waals surface area contributed by atoms with Gasteiger partial charge in [0.2, 0.25) is 0 Å². The molecule has 0 aliphatic heterocycles. The van der Waals surface area contributed by atoms with Gasteiger partial charge >= 0.3 is 5.97 Å². The lowest BCUT2D eigenvalue weighted by atomic mass is 9.99. The van der Waals surface area contributed by atoms with E-state index in [4.69, 9.17) is 5.11 Å². The molecule has 0 radical (unpaired) electrons. The van der Waals surface area contributed by atoms with Crippen molar-refractivity contribution in [1.29, 1.82) is 0 Å². The Morgan fingerprint density at radius 1 is 1.00 bits per heavy atom. The van der Waals surface area contributed by atoms with Gasteiger partial charge in [0.25, 0.3) is 0 Å². The van der Waals surface area contributed by atoms with Crippen molar-refractivity contribution in [3.8, 4) is 0 Å². The molecule has 0 saturated carbocycles. The first-order chi connectivity index (χ1) is 8.56. The van der Waals surface area contributed by atoms with Crippen LogP contribution in [-0.2, 0) is 4.79 Å². The van der Waals surface area contributed by atoms with Crippen molar-refractivity contribution in [3.63, 3.8) is 0 Å². The zero-order chi connectivity index (χ0) is 13.9. The fourth-order valence-electron chi connectivity index (χ4n) is 1.97. The molecule has 0 saturated heterocycles. The molecule has 0 aromatic carbocycles.